The number of aryl methyl sites for hydroxylation is 2. The van der Waals surface area contributed by atoms with Crippen molar-refractivity contribution >= 4 is 27.7 Å². The number of hydrogen-bond acceptors (Lipinski definition) is 8. The quantitative estimate of drug-likeness (QED) is 0.631. The number of piperazine rings is 1. The third-order valence-corrected chi connectivity index (χ3v) is 7.78. The number of carbonyl (C=O) groups is 1. The molecule has 9 nitrogen and oxygen atoms in total. The molecular formula is C19H23N3O6S2. The summed E-state index contributed by atoms with van der Waals surface area (Å²) in [6.07, 6.45) is 0. The second kappa shape index (κ2) is 8.48. The first-order valence-corrected chi connectivity index (χ1v) is 12.0. The third kappa shape index (κ3) is 4.28. The van der Waals surface area contributed by atoms with E-state index >= 15 is 0 Å². The van der Waals surface area contributed by atoms with Crippen LogP contribution >= 0.6 is 11.8 Å². The van der Waals surface area contributed by atoms with Gasteiger partial charge in [0.2, 0.25) is 15.9 Å². The van der Waals surface area contributed by atoms with Crippen LogP contribution < -0.4 is 9.47 Å². The molecule has 0 bridgehead atoms. The Labute approximate surface area is 179 Å². The normalized spacial score (nSPS) is 17.2. The summed E-state index contributed by atoms with van der Waals surface area (Å²) in [7, 11) is -3.67. The Bertz CT molecular complexity index is 1030. The second-order valence-corrected chi connectivity index (χ2v) is 9.86. The van der Waals surface area contributed by atoms with Crippen molar-refractivity contribution in [1.82, 2.24) is 14.2 Å². The topological polar surface area (TPSA) is 102 Å². The van der Waals surface area contributed by atoms with Gasteiger partial charge < -0.3 is 18.8 Å². The average molecular weight is 454 g/mol. The van der Waals surface area contributed by atoms with Gasteiger partial charge in [0.05, 0.1) is 16.3 Å². The maximum absolute atomic E-state index is 13.0. The Morgan fingerprint density at radius 1 is 1.10 bits per heavy atom. The molecule has 1 fully saturated rings. The van der Waals surface area contributed by atoms with Crippen molar-refractivity contribution in [3.8, 4) is 11.5 Å². The van der Waals surface area contributed by atoms with Gasteiger partial charge in [-0.3, -0.25) is 4.79 Å². The largest absolute Gasteiger partial charge is 0.486 e. The summed E-state index contributed by atoms with van der Waals surface area (Å²) in [6, 6.07) is 4.64. The molecule has 0 unspecified atom stereocenters. The molecule has 0 saturated carbocycles. The molecular weight excluding hydrogens is 430 g/mol. The fourth-order valence-corrected chi connectivity index (χ4v) is 5.48. The Morgan fingerprint density at radius 2 is 1.80 bits per heavy atom. The van der Waals surface area contributed by atoms with E-state index in [2.05, 4.69) is 4.98 Å². The molecule has 0 atom stereocenters. The minimum Gasteiger partial charge on any atom is -0.486 e. The molecule has 1 saturated heterocycles. The summed E-state index contributed by atoms with van der Waals surface area (Å²) in [5.74, 6) is 1.86. The van der Waals surface area contributed by atoms with Gasteiger partial charge in [0.1, 0.15) is 19.0 Å². The molecule has 4 rings (SSSR count). The number of aromatic nitrogens is 1. The summed E-state index contributed by atoms with van der Waals surface area (Å²) in [5.41, 5.74) is 0.808. The first kappa shape index (κ1) is 21.0. The average Bonchev–Trinajstić information content (AvgIpc) is 3.09. The van der Waals surface area contributed by atoms with E-state index in [4.69, 9.17) is 13.9 Å². The zero-order valence-electron chi connectivity index (χ0n) is 16.8. The van der Waals surface area contributed by atoms with E-state index in [-0.39, 0.29) is 29.6 Å². The molecule has 30 heavy (non-hydrogen) atoms. The molecule has 2 aromatic rings. The van der Waals surface area contributed by atoms with Crippen LogP contribution in [0.3, 0.4) is 0 Å². The molecule has 0 N–H and O–H groups in total. The van der Waals surface area contributed by atoms with Crippen LogP contribution in [0.5, 0.6) is 11.5 Å². The molecule has 2 aliphatic heterocycles. The highest BCUT2D eigenvalue weighted by Crippen LogP contribution is 2.33. The third-order valence-electron chi connectivity index (χ3n) is 5.07. The summed E-state index contributed by atoms with van der Waals surface area (Å²) in [4.78, 5) is 18.6. The predicted octanol–water partition coefficient (Wildman–Crippen LogP) is 1.69. The van der Waals surface area contributed by atoms with Crippen LogP contribution in [-0.2, 0) is 14.8 Å². The van der Waals surface area contributed by atoms with Gasteiger partial charge in [-0.2, -0.15) is 4.31 Å². The van der Waals surface area contributed by atoms with E-state index in [1.54, 1.807) is 11.0 Å². The molecule has 0 spiro atoms. The van der Waals surface area contributed by atoms with Crippen molar-refractivity contribution in [3.05, 3.63) is 29.7 Å². The van der Waals surface area contributed by atoms with Gasteiger partial charge >= 0.3 is 0 Å². The standard InChI is InChI=1S/C19H23N3O6S2/c1-13-14(2)28-19(20-13)29-12-18(23)21-5-7-22(8-6-21)30(24,25)15-3-4-16-17(11-15)27-10-9-26-16/h3-4,11H,5-10,12H2,1-2H3. The molecule has 0 aliphatic carbocycles. The first-order chi connectivity index (χ1) is 14.3. The number of hydrogen-bond donors (Lipinski definition) is 0. The van der Waals surface area contributed by atoms with E-state index < -0.39 is 10.0 Å². The number of nitrogens with zero attached hydrogens (tertiary/aromatic N) is 3. The molecule has 3 heterocycles. The number of ether oxygens (including phenoxy) is 2. The Hall–Kier alpha value is -2.24. The van der Waals surface area contributed by atoms with Crippen LogP contribution in [0.1, 0.15) is 11.5 Å². The molecule has 0 radical (unpaired) electrons. The first-order valence-electron chi connectivity index (χ1n) is 9.59. The van der Waals surface area contributed by atoms with Gasteiger partial charge in [-0.1, -0.05) is 11.8 Å². The lowest BCUT2D eigenvalue weighted by Gasteiger charge is -2.34. The fraction of sp³-hybridized carbons (Fsp3) is 0.474. The number of amides is 1. The van der Waals surface area contributed by atoms with Crippen LogP contribution in [-0.4, -0.2) is 73.7 Å². The van der Waals surface area contributed by atoms with Crippen LogP contribution in [0.15, 0.2) is 32.7 Å². The number of carbonyl (C=O) groups excluding carboxylic acids is 1. The van der Waals surface area contributed by atoms with E-state index in [1.807, 2.05) is 13.8 Å². The van der Waals surface area contributed by atoms with Crippen LogP contribution in [0.25, 0.3) is 0 Å². The lowest BCUT2D eigenvalue weighted by atomic mass is 10.3. The summed E-state index contributed by atoms with van der Waals surface area (Å²) in [5, 5.41) is 0.471. The van der Waals surface area contributed by atoms with Gasteiger partial charge in [-0.15, -0.1) is 0 Å². The molecule has 1 aromatic heterocycles. The maximum Gasteiger partial charge on any atom is 0.256 e. The summed E-state index contributed by atoms with van der Waals surface area (Å²) >= 11 is 1.25. The molecule has 11 heteroatoms. The van der Waals surface area contributed by atoms with Gasteiger partial charge in [0.25, 0.3) is 5.22 Å². The van der Waals surface area contributed by atoms with Crippen molar-refractivity contribution in [1.29, 1.82) is 0 Å². The fourth-order valence-electron chi connectivity index (χ4n) is 3.23. The number of benzene rings is 1. The van der Waals surface area contributed by atoms with Crippen molar-refractivity contribution in [2.45, 2.75) is 24.0 Å². The maximum atomic E-state index is 13.0. The summed E-state index contributed by atoms with van der Waals surface area (Å²) < 4.78 is 43.8. The molecule has 1 aromatic carbocycles. The number of thioether (sulfide) groups is 1. The van der Waals surface area contributed by atoms with Crippen molar-refractivity contribution in [2.75, 3.05) is 45.1 Å². The van der Waals surface area contributed by atoms with E-state index in [1.165, 1.54) is 28.2 Å². The minimum absolute atomic E-state index is 0.0649. The lowest BCUT2D eigenvalue weighted by molar-refractivity contribution is -0.129. The smallest absolute Gasteiger partial charge is 0.256 e. The number of rotatable bonds is 5. The molecule has 2 aliphatic rings. The van der Waals surface area contributed by atoms with Gasteiger partial charge in [0.15, 0.2) is 11.5 Å². The van der Waals surface area contributed by atoms with E-state index in [0.717, 1.165) is 11.5 Å². The van der Waals surface area contributed by atoms with Gasteiger partial charge in [-0.25, -0.2) is 13.4 Å². The Kier molecular flexibility index (Phi) is 5.94. The van der Waals surface area contributed by atoms with E-state index in [0.29, 0.717) is 43.0 Å². The Balaban J connectivity index is 1.34. The highest BCUT2D eigenvalue weighted by atomic mass is 32.2. The van der Waals surface area contributed by atoms with Crippen molar-refractivity contribution < 1.29 is 27.1 Å². The predicted molar refractivity (Wildman–Crippen MR) is 109 cm³/mol. The highest BCUT2D eigenvalue weighted by Gasteiger charge is 2.31. The Morgan fingerprint density at radius 3 is 2.47 bits per heavy atom. The van der Waals surface area contributed by atoms with Crippen molar-refractivity contribution in [3.63, 3.8) is 0 Å². The zero-order chi connectivity index (χ0) is 21.3. The number of sulfonamides is 1. The monoisotopic (exact) mass is 453 g/mol. The number of fused-ring (bicyclic) bond motifs is 1. The minimum atomic E-state index is -3.67. The SMILES string of the molecule is Cc1nc(SCC(=O)N2CCN(S(=O)(=O)c3ccc4c(c3)OCCO4)CC2)oc1C. The van der Waals surface area contributed by atoms with Crippen molar-refractivity contribution in [2.24, 2.45) is 0 Å². The van der Waals surface area contributed by atoms with Crippen LogP contribution in [0.2, 0.25) is 0 Å². The number of oxazole rings is 1. The summed E-state index contributed by atoms with van der Waals surface area (Å²) in [6.45, 7) is 5.68. The lowest BCUT2D eigenvalue weighted by Crippen LogP contribution is -2.50. The van der Waals surface area contributed by atoms with E-state index in [9.17, 15) is 13.2 Å². The van der Waals surface area contributed by atoms with Crippen LogP contribution in [0, 0.1) is 13.8 Å². The molecule has 162 valence electrons. The van der Waals surface area contributed by atoms with Gasteiger partial charge in [-0.05, 0) is 26.0 Å². The van der Waals surface area contributed by atoms with Gasteiger partial charge in [0, 0.05) is 32.2 Å². The molecule has 1 amide bonds. The zero-order valence-corrected chi connectivity index (χ0v) is 18.4. The second-order valence-electron chi connectivity index (χ2n) is 7.00. The van der Waals surface area contributed by atoms with Crippen LogP contribution in [0.4, 0.5) is 0 Å². The highest BCUT2D eigenvalue weighted by molar-refractivity contribution is 7.99.